The number of nitrogens with zero attached hydrogens (tertiary/aromatic N) is 1. The van der Waals surface area contributed by atoms with Crippen LogP contribution in [-0.4, -0.2) is 23.5 Å². The van der Waals surface area contributed by atoms with Crippen LogP contribution in [0.5, 0.6) is 0 Å². The molecule has 1 unspecified atom stereocenters. The van der Waals surface area contributed by atoms with Crippen LogP contribution in [0.1, 0.15) is 30.0 Å². The van der Waals surface area contributed by atoms with E-state index in [4.69, 9.17) is 0 Å². The summed E-state index contributed by atoms with van der Waals surface area (Å²) in [6.07, 6.45) is 2.54. The van der Waals surface area contributed by atoms with Crippen LogP contribution < -0.4 is 10.2 Å². The van der Waals surface area contributed by atoms with Crippen molar-refractivity contribution in [1.29, 1.82) is 0 Å². The number of fused-ring (bicyclic) bond motifs is 1. The second kappa shape index (κ2) is 7.59. The van der Waals surface area contributed by atoms with Gasteiger partial charge in [-0.2, -0.15) is 0 Å². The first kappa shape index (κ1) is 19.6. The second-order valence-electron chi connectivity index (χ2n) is 7.08. The molecule has 4 rings (SSSR count). The molecule has 150 valence electrons. The van der Waals surface area contributed by atoms with E-state index in [-0.39, 0.29) is 23.8 Å². The van der Waals surface area contributed by atoms with Crippen molar-refractivity contribution in [2.24, 2.45) is 0 Å². The van der Waals surface area contributed by atoms with Crippen LogP contribution in [0.15, 0.2) is 52.2 Å². The Bertz CT molecular complexity index is 1050. The van der Waals surface area contributed by atoms with Gasteiger partial charge in [0, 0.05) is 10.5 Å². The molecule has 2 amide bonds. The van der Waals surface area contributed by atoms with E-state index in [2.05, 4.69) is 21.2 Å². The number of rotatable bonds is 3. The topological polar surface area (TPSA) is 69.6 Å². The highest BCUT2D eigenvalue weighted by molar-refractivity contribution is 9.10. The SMILES string of the molecule is O=C(NC1CCCc2ccc(Br)cc21)C1=C(O)C(=O)N(c2ccc(F)cc2F)C1. The average Bonchev–Trinajstić information content (AvgIpc) is 2.97. The lowest BCUT2D eigenvalue weighted by Crippen LogP contribution is -2.34. The van der Waals surface area contributed by atoms with Gasteiger partial charge in [0.15, 0.2) is 5.76 Å². The molecule has 0 radical (unpaired) electrons. The zero-order valence-electron chi connectivity index (χ0n) is 15.2. The normalized spacial score (nSPS) is 18.8. The quantitative estimate of drug-likeness (QED) is 0.721. The predicted molar refractivity (Wildman–Crippen MR) is 106 cm³/mol. The van der Waals surface area contributed by atoms with Crippen LogP contribution in [0.25, 0.3) is 0 Å². The largest absolute Gasteiger partial charge is 0.503 e. The first-order valence-corrected chi connectivity index (χ1v) is 9.92. The molecule has 29 heavy (non-hydrogen) atoms. The summed E-state index contributed by atoms with van der Waals surface area (Å²) in [4.78, 5) is 26.1. The molecule has 2 N–H and O–H groups in total. The Morgan fingerprint density at radius 2 is 2.00 bits per heavy atom. The fourth-order valence-corrected chi connectivity index (χ4v) is 4.18. The summed E-state index contributed by atoms with van der Waals surface area (Å²) in [7, 11) is 0. The van der Waals surface area contributed by atoms with Gasteiger partial charge in [-0.15, -0.1) is 0 Å². The molecule has 5 nitrogen and oxygen atoms in total. The van der Waals surface area contributed by atoms with Gasteiger partial charge in [-0.05, 0) is 54.7 Å². The number of carbonyl (C=O) groups excluding carboxylic acids is 2. The van der Waals surface area contributed by atoms with Crippen molar-refractivity contribution in [3.63, 3.8) is 0 Å². The minimum atomic E-state index is -0.945. The number of carbonyl (C=O) groups is 2. The van der Waals surface area contributed by atoms with Crippen molar-refractivity contribution in [3.05, 3.63) is 75.0 Å². The molecule has 0 saturated heterocycles. The summed E-state index contributed by atoms with van der Waals surface area (Å²) in [6.45, 7) is -0.295. The van der Waals surface area contributed by atoms with Gasteiger partial charge in [-0.3, -0.25) is 14.5 Å². The summed E-state index contributed by atoms with van der Waals surface area (Å²) in [5, 5.41) is 13.1. The highest BCUT2D eigenvalue weighted by atomic mass is 79.9. The molecule has 0 fully saturated rings. The lowest BCUT2D eigenvalue weighted by atomic mass is 9.87. The minimum absolute atomic E-state index is 0.138. The lowest BCUT2D eigenvalue weighted by Gasteiger charge is -2.27. The lowest BCUT2D eigenvalue weighted by molar-refractivity contribution is -0.119. The molecular formula is C21H17BrF2N2O3. The van der Waals surface area contributed by atoms with Crippen LogP contribution in [0.2, 0.25) is 0 Å². The summed E-state index contributed by atoms with van der Waals surface area (Å²) >= 11 is 3.44. The summed E-state index contributed by atoms with van der Waals surface area (Å²) in [5.74, 6) is -3.93. The smallest absolute Gasteiger partial charge is 0.294 e. The first-order valence-electron chi connectivity index (χ1n) is 9.13. The Balaban J connectivity index is 1.56. The zero-order valence-corrected chi connectivity index (χ0v) is 16.8. The van der Waals surface area contributed by atoms with Crippen molar-refractivity contribution in [2.45, 2.75) is 25.3 Å². The number of halogens is 3. The van der Waals surface area contributed by atoms with Gasteiger partial charge >= 0.3 is 0 Å². The van der Waals surface area contributed by atoms with E-state index >= 15 is 0 Å². The third-order valence-electron chi connectivity index (χ3n) is 5.25. The van der Waals surface area contributed by atoms with E-state index in [0.717, 1.165) is 51.9 Å². The Labute approximate surface area is 174 Å². The molecule has 1 aliphatic carbocycles. The van der Waals surface area contributed by atoms with Gasteiger partial charge in [-0.25, -0.2) is 8.78 Å². The van der Waals surface area contributed by atoms with Crippen LogP contribution in [0.4, 0.5) is 14.5 Å². The van der Waals surface area contributed by atoms with E-state index in [1.165, 1.54) is 0 Å². The van der Waals surface area contributed by atoms with Crippen molar-refractivity contribution in [1.82, 2.24) is 5.32 Å². The van der Waals surface area contributed by atoms with Crippen LogP contribution in [0, 0.1) is 11.6 Å². The molecule has 1 atom stereocenters. The zero-order chi connectivity index (χ0) is 20.7. The molecule has 2 aromatic rings. The Morgan fingerprint density at radius 1 is 1.21 bits per heavy atom. The maximum absolute atomic E-state index is 14.1. The summed E-state index contributed by atoms with van der Waals surface area (Å²) in [5.41, 5.74) is 1.80. The molecule has 2 aromatic carbocycles. The van der Waals surface area contributed by atoms with Crippen LogP contribution >= 0.6 is 15.9 Å². The number of aryl methyl sites for hydroxylation is 1. The fraction of sp³-hybridized carbons (Fsp3) is 0.238. The second-order valence-corrected chi connectivity index (χ2v) is 7.99. The van der Waals surface area contributed by atoms with Gasteiger partial charge in [-0.1, -0.05) is 22.0 Å². The number of aliphatic hydroxyl groups excluding tert-OH is 1. The predicted octanol–water partition coefficient (Wildman–Crippen LogP) is 4.08. The van der Waals surface area contributed by atoms with Crippen molar-refractivity contribution >= 4 is 33.4 Å². The minimum Gasteiger partial charge on any atom is -0.503 e. The third-order valence-corrected chi connectivity index (χ3v) is 5.75. The van der Waals surface area contributed by atoms with Gasteiger partial charge in [0.25, 0.3) is 11.8 Å². The van der Waals surface area contributed by atoms with E-state index in [1.54, 1.807) is 0 Å². The Hall–Kier alpha value is -2.74. The fourth-order valence-electron chi connectivity index (χ4n) is 3.80. The molecule has 1 aliphatic heterocycles. The number of hydrogen-bond donors (Lipinski definition) is 2. The molecule has 2 aliphatic rings. The van der Waals surface area contributed by atoms with Gasteiger partial charge in [0.2, 0.25) is 0 Å². The van der Waals surface area contributed by atoms with Gasteiger partial charge in [0.1, 0.15) is 11.6 Å². The monoisotopic (exact) mass is 462 g/mol. The van der Waals surface area contributed by atoms with Crippen LogP contribution in [-0.2, 0) is 16.0 Å². The number of aliphatic hydroxyl groups is 1. The Morgan fingerprint density at radius 3 is 2.76 bits per heavy atom. The molecule has 1 heterocycles. The molecule has 8 heteroatoms. The van der Waals surface area contributed by atoms with E-state index in [0.29, 0.717) is 6.07 Å². The molecule has 0 bridgehead atoms. The molecule has 0 aromatic heterocycles. The molecule has 0 spiro atoms. The molecule has 0 saturated carbocycles. The maximum Gasteiger partial charge on any atom is 0.294 e. The van der Waals surface area contributed by atoms with E-state index in [1.807, 2.05) is 18.2 Å². The standard InChI is InChI=1S/C21H17BrF2N2O3/c22-12-5-4-11-2-1-3-17(14(11)8-12)25-20(28)15-10-26(21(29)19(15)27)18-7-6-13(23)9-16(18)24/h4-9,17,27H,1-3,10H2,(H,25,28). The summed E-state index contributed by atoms with van der Waals surface area (Å²) in [6, 6.07) is 8.41. The van der Waals surface area contributed by atoms with E-state index < -0.39 is 29.2 Å². The van der Waals surface area contributed by atoms with Crippen molar-refractivity contribution in [3.8, 4) is 0 Å². The molecular weight excluding hydrogens is 446 g/mol. The van der Waals surface area contributed by atoms with E-state index in [9.17, 15) is 23.5 Å². The van der Waals surface area contributed by atoms with Gasteiger partial charge < -0.3 is 10.4 Å². The highest BCUT2D eigenvalue weighted by Crippen LogP contribution is 2.33. The number of amides is 2. The van der Waals surface area contributed by atoms with Crippen LogP contribution in [0.3, 0.4) is 0 Å². The Kier molecular flexibility index (Phi) is 5.12. The summed E-state index contributed by atoms with van der Waals surface area (Å²) < 4.78 is 28.1. The van der Waals surface area contributed by atoms with Crippen molar-refractivity contribution in [2.75, 3.05) is 11.4 Å². The third kappa shape index (κ3) is 3.64. The first-order chi connectivity index (χ1) is 13.8. The van der Waals surface area contributed by atoms with Crippen molar-refractivity contribution < 1.29 is 23.5 Å². The highest BCUT2D eigenvalue weighted by Gasteiger charge is 2.37. The number of hydrogen-bond acceptors (Lipinski definition) is 3. The average molecular weight is 463 g/mol. The number of benzene rings is 2. The van der Waals surface area contributed by atoms with Gasteiger partial charge in [0.05, 0.1) is 23.8 Å². The number of nitrogens with one attached hydrogen (secondary N) is 1. The maximum atomic E-state index is 14.1. The number of anilines is 1.